The van der Waals surface area contributed by atoms with Crippen molar-refractivity contribution in [2.24, 2.45) is 0 Å². The second-order valence-electron chi connectivity index (χ2n) is 3.46. The maximum absolute atomic E-state index is 10.6. The molecule has 0 aliphatic heterocycles. The number of rotatable bonds is 5. The SMILES string of the molecule is CCCCCc1ccc(C(=O)O)cc1.[NaH]. The standard InChI is InChI=1S/C12H16O2.Na.H/c1-2-3-4-5-10-6-8-11(9-7-10)12(13)14;;/h6-9H,2-5H2,1H3,(H,13,14);;. The van der Waals surface area contributed by atoms with Crippen LogP contribution in [0.1, 0.15) is 42.1 Å². The van der Waals surface area contributed by atoms with Gasteiger partial charge in [0.25, 0.3) is 0 Å². The second kappa shape index (κ2) is 7.91. The van der Waals surface area contributed by atoms with Gasteiger partial charge < -0.3 is 5.11 Å². The number of hydrogen-bond donors (Lipinski definition) is 1. The molecule has 1 aromatic carbocycles. The first-order valence-corrected chi connectivity index (χ1v) is 5.06. The summed E-state index contributed by atoms with van der Waals surface area (Å²) >= 11 is 0. The topological polar surface area (TPSA) is 37.3 Å². The molecule has 0 fully saturated rings. The Bertz CT molecular complexity index is 293. The number of unbranched alkanes of at least 4 members (excludes halogenated alkanes) is 2. The predicted molar refractivity (Wildman–Crippen MR) is 63.8 cm³/mol. The van der Waals surface area contributed by atoms with Gasteiger partial charge in [0.15, 0.2) is 0 Å². The molecule has 0 aromatic heterocycles. The van der Waals surface area contributed by atoms with Crippen LogP contribution in [0, 0.1) is 0 Å². The van der Waals surface area contributed by atoms with Crippen LogP contribution in [0.4, 0.5) is 0 Å². The summed E-state index contributed by atoms with van der Waals surface area (Å²) in [4.78, 5) is 10.6. The fourth-order valence-electron chi connectivity index (χ4n) is 1.39. The molecule has 3 heteroatoms. The number of hydrogen-bond acceptors (Lipinski definition) is 1. The number of carboxylic acid groups (broad SMARTS) is 1. The van der Waals surface area contributed by atoms with Gasteiger partial charge in [0.1, 0.15) is 0 Å². The zero-order valence-electron chi connectivity index (χ0n) is 8.49. The van der Waals surface area contributed by atoms with Crippen molar-refractivity contribution in [3.63, 3.8) is 0 Å². The molecule has 0 saturated heterocycles. The first-order valence-electron chi connectivity index (χ1n) is 5.06. The van der Waals surface area contributed by atoms with E-state index in [4.69, 9.17) is 5.11 Å². The van der Waals surface area contributed by atoms with Crippen LogP contribution in [0.5, 0.6) is 0 Å². The molecule has 0 saturated carbocycles. The zero-order valence-corrected chi connectivity index (χ0v) is 8.49. The minimum absolute atomic E-state index is 0. The molecule has 0 amide bonds. The summed E-state index contributed by atoms with van der Waals surface area (Å²) in [5.74, 6) is -0.856. The molecule has 0 bridgehead atoms. The summed E-state index contributed by atoms with van der Waals surface area (Å²) in [6, 6.07) is 7.14. The molecular weight excluding hydrogens is 199 g/mol. The average Bonchev–Trinajstić information content (AvgIpc) is 2.19. The van der Waals surface area contributed by atoms with Crippen molar-refractivity contribution in [2.75, 3.05) is 0 Å². The van der Waals surface area contributed by atoms with Crippen molar-refractivity contribution in [3.8, 4) is 0 Å². The van der Waals surface area contributed by atoms with Crippen molar-refractivity contribution in [1.29, 1.82) is 0 Å². The normalized spacial score (nSPS) is 9.40. The summed E-state index contributed by atoms with van der Waals surface area (Å²) in [5, 5.41) is 8.69. The van der Waals surface area contributed by atoms with Crippen molar-refractivity contribution < 1.29 is 9.90 Å². The van der Waals surface area contributed by atoms with Crippen LogP contribution in [0.2, 0.25) is 0 Å². The number of carboxylic acids is 1. The van der Waals surface area contributed by atoms with E-state index >= 15 is 0 Å². The van der Waals surface area contributed by atoms with Crippen LogP contribution in [-0.2, 0) is 6.42 Å². The fraction of sp³-hybridized carbons (Fsp3) is 0.417. The third-order valence-electron chi connectivity index (χ3n) is 2.27. The molecule has 0 unspecified atom stereocenters. The molecule has 0 aliphatic carbocycles. The molecule has 1 N–H and O–H groups in total. The minimum atomic E-state index is -0.856. The van der Waals surface area contributed by atoms with Crippen LogP contribution >= 0.6 is 0 Å². The summed E-state index contributed by atoms with van der Waals surface area (Å²) in [7, 11) is 0. The fourth-order valence-corrected chi connectivity index (χ4v) is 1.39. The van der Waals surface area contributed by atoms with Crippen molar-refractivity contribution in [2.45, 2.75) is 32.6 Å². The van der Waals surface area contributed by atoms with Crippen molar-refractivity contribution in [3.05, 3.63) is 35.4 Å². The Morgan fingerprint density at radius 3 is 2.27 bits per heavy atom. The predicted octanol–water partition coefficient (Wildman–Crippen LogP) is 2.47. The van der Waals surface area contributed by atoms with E-state index in [9.17, 15) is 4.79 Å². The van der Waals surface area contributed by atoms with E-state index < -0.39 is 5.97 Å². The van der Waals surface area contributed by atoms with Crippen molar-refractivity contribution in [1.82, 2.24) is 0 Å². The van der Waals surface area contributed by atoms with Crippen LogP contribution in [-0.4, -0.2) is 40.6 Å². The number of carbonyl (C=O) groups is 1. The third kappa shape index (κ3) is 5.36. The Kier molecular flexibility index (Phi) is 7.75. The van der Waals surface area contributed by atoms with E-state index in [-0.39, 0.29) is 29.6 Å². The van der Waals surface area contributed by atoms with E-state index in [0.29, 0.717) is 5.56 Å². The first kappa shape index (κ1) is 14.7. The van der Waals surface area contributed by atoms with E-state index in [1.54, 1.807) is 12.1 Å². The molecule has 1 aromatic rings. The number of benzene rings is 1. The Balaban J connectivity index is 0.00000196. The average molecular weight is 216 g/mol. The van der Waals surface area contributed by atoms with Gasteiger partial charge in [-0.05, 0) is 30.5 Å². The number of aryl methyl sites for hydroxylation is 1. The molecule has 1 rings (SSSR count). The van der Waals surface area contributed by atoms with E-state index in [0.717, 1.165) is 6.42 Å². The molecule has 0 heterocycles. The summed E-state index contributed by atoms with van der Waals surface area (Å²) in [5.41, 5.74) is 1.59. The molecule has 78 valence electrons. The molecule has 15 heavy (non-hydrogen) atoms. The van der Waals surface area contributed by atoms with E-state index in [1.807, 2.05) is 12.1 Å². The first-order chi connectivity index (χ1) is 6.74. The molecule has 0 spiro atoms. The van der Waals surface area contributed by atoms with Gasteiger partial charge in [-0.1, -0.05) is 31.9 Å². The molecule has 0 aliphatic rings. The molecule has 0 radical (unpaired) electrons. The Labute approximate surface area is 113 Å². The van der Waals surface area contributed by atoms with Gasteiger partial charge in [-0.3, -0.25) is 0 Å². The molecular formula is C12H17NaO2. The second-order valence-corrected chi connectivity index (χ2v) is 3.46. The summed E-state index contributed by atoms with van der Waals surface area (Å²) in [6.07, 6.45) is 4.69. The Hall–Kier alpha value is -0.310. The third-order valence-corrected chi connectivity index (χ3v) is 2.27. The zero-order chi connectivity index (χ0) is 10.4. The van der Waals surface area contributed by atoms with Gasteiger partial charge in [-0.25, -0.2) is 4.79 Å². The van der Waals surface area contributed by atoms with Crippen molar-refractivity contribution >= 4 is 35.5 Å². The molecule has 0 atom stereocenters. The van der Waals surface area contributed by atoms with E-state index in [2.05, 4.69) is 6.92 Å². The van der Waals surface area contributed by atoms with Gasteiger partial charge in [-0.2, -0.15) is 0 Å². The monoisotopic (exact) mass is 216 g/mol. The van der Waals surface area contributed by atoms with Gasteiger partial charge in [0, 0.05) is 0 Å². The van der Waals surface area contributed by atoms with Crippen LogP contribution in [0.3, 0.4) is 0 Å². The van der Waals surface area contributed by atoms with Crippen LogP contribution in [0.25, 0.3) is 0 Å². The van der Waals surface area contributed by atoms with Gasteiger partial charge >= 0.3 is 35.5 Å². The Morgan fingerprint density at radius 2 is 1.80 bits per heavy atom. The Morgan fingerprint density at radius 1 is 1.20 bits per heavy atom. The van der Waals surface area contributed by atoms with Crippen LogP contribution in [0.15, 0.2) is 24.3 Å². The van der Waals surface area contributed by atoms with Gasteiger partial charge in [0.2, 0.25) is 0 Å². The van der Waals surface area contributed by atoms with Gasteiger partial charge in [-0.15, -0.1) is 0 Å². The summed E-state index contributed by atoms with van der Waals surface area (Å²) < 4.78 is 0. The van der Waals surface area contributed by atoms with E-state index in [1.165, 1.54) is 24.8 Å². The molecule has 2 nitrogen and oxygen atoms in total. The quantitative estimate of drug-likeness (QED) is 0.606. The van der Waals surface area contributed by atoms with Gasteiger partial charge in [0.05, 0.1) is 5.56 Å². The summed E-state index contributed by atoms with van der Waals surface area (Å²) in [6.45, 7) is 2.17. The maximum atomic E-state index is 10.6. The number of aromatic carboxylic acids is 1. The van der Waals surface area contributed by atoms with Crippen LogP contribution < -0.4 is 0 Å².